The Labute approximate surface area is 32.9 Å². The van der Waals surface area contributed by atoms with E-state index < -0.39 is 5.97 Å². The normalized spacial score (nSPS) is 8.60. The van der Waals surface area contributed by atoms with Gasteiger partial charge in [-0.1, -0.05) is 0 Å². The molecule has 0 aliphatic carbocycles. The molecule has 0 atom stereocenters. The van der Waals surface area contributed by atoms with Crippen molar-refractivity contribution in [3.63, 3.8) is 0 Å². The van der Waals surface area contributed by atoms with Crippen molar-refractivity contribution in [3.05, 3.63) is 0 Å². The molecule has 0 N–H and O–H groups in total. The molecular weight excluding hydrogens is 66.8 g/mol. The summed E-state index contributed by atoms with van der Waals surface area (Å²) in [6.07, 6.45) is 0. The SMILES string of the molecule is [3H]BOC(C)=O. The van der Waals surface area contributed by atoms with E-state index in [1.54, 1.807) is 0 Å². The van der Waals surface area contributed by atoms with E-state index in [1.807, 2.05) is 0 Å². The van der Waals surface area contributed by atoms with Crippen LogP contribution < -0.4 is 0 Å². The third kappa shape index (κ3) is 3.53. The third-order valence-electron chi connectivity index (χ3n) is 0.203. The number of hydrogen-bond acceptors (Lipinski definition) is 2. The number of hydrogen-bond donors (Lipinski definition) is 0. The lowest BCUT2D eigenvalue weighted by Crippen LogP contribution is -1.90. The van der Waals surface area contributed by atoms with E-state index in [9.17, 15) is 4.79 Å². The van der Waals surface area contributed by atoms with Crippen molar-refractivity contribution in [1.82, 2.24) is 0 Å². The highest BCUT2D eigenvalue weighted by Crippen LogP contribution is 1.58. The summed E-state index contributed by atoms with van der Waals surface area (Å²) >= 11 is 0. The zero-order chi connectivity index (χ0) is 4.99. The van der Waals surface area contributed by atoms with Crippen molar-refractivity contribution in [2.24, 2.45) is 0 Å². The zero-order valence-corrected chi connectivity index (χ0v) is 3.02. The monoisotopic (exact) mass is 74.0 g/mol. The van der Waals surface area contributed by atoms with E-state index in [0.29, 0.717) is 0 Å². The summed E-state index contributed by atoms with van der Waals surface area (Å²) in [6.45, 7) is 1.27. The topological polar surface area (TPSA) is 26.3 Å². The molecular formula is C2H5BO2. The van der Waals surface area contributed by atoms with Gasteiger partial charge in [-0.3, -0.25) is 4.79 Å². The molecule has 0 unspecified atom stereocenters. The molecule has 0 amide bonds. The van der Waals surface area contributed by atoms with Crippen LogP contribution in [0.25, 0.3) is 0 Å². The van der Waals surface area contributed by atoms with Gasteiger partial charge in [0.15, 0.2) is 0 Å². The van der Waals surface area contributed by atoms with Gasteiger partial charge in [0.2, 0.25) is 0 Å². The number of rotatable bonds is 1. The lowest BCUT2D eigenvalue weighted by Gasteiger charge is -1.82. The molecule has 0 aliphatic rings. The Bertz CT molecular complexity index is 55.5. The Morgan fingerprint density at radius 3 is 3.00 bits per heavy atom. The summed E-state index contributed by atoms with van der Waals surface area (Å²) in [7, 11) is -0.269. The fourth-order valence-electron chi connectivity index (χ4n) is 0. The summed E-state index contributed by atoms with van der Waals surface area (Å²) in [4.78, 5) is 9.70. The molecule has 0 heterocycles. The molecule has 3 heteroatoms. The van der Waals surface area contributed by atoms with Crippen LogP contribution in [-0.4, -0.2) is 15.3 Å². The third-order valence-corrected chi connectivity index (χ3v) is 0.203. The summed E-state index contributed by atoms with van der Waals surface area (Å²) in [6, 6.07) is 0. The second-order valence-corrected chi connectivity index (χ2v) is 0.636. The van der Waals surface area contributed by atoms with Crippen LogP contribution in [0.2, 0.25) is 0 Å². The Balaban J connectivity index is 2.83. The van der Waals surface area contributed by atoms with Crippen LogP contribution >= 0.6 is 0 Å². The standard InChI is InChI=1S/C2H5BO2/c1-2(4)5-3/h3H2,1H3/i3T. The van der Waals surface area contributed by atoms with Gasteiger partial charge >= 0.3 is 8.01 Å². The van der Waals surface area contributed by atoms with Crippen molar-refractivity contribution in [1.29, 1.82) is 1.34 Å². The molecule has 0 radical (unpaired) electrons. The molecule has 0 fully saturated rings. The summed E-state index contributed by atoms with van der Waals surface area (Å²) in [5, 5.41) is 0. The molecule has 0 aromatic heterocycles. The fraction of sp³-hybridized carbons (Fsp3) is 0.500. The minimum atomic E-state index is -0.398. The smallest absolute Gasteiger partial charge is 0.325 e. The van der Waals surface area contributed by atoms with Crippen LogP contribution in [0.4, 0.5) is 0 Å². The van der Waals surface area contributed by atoms with Crippen LogP contribution in [0.3, 0.4) is 0 Å². The lowest BCUT2D eigenvalue weighted by molar-refractivity contribution is -0.131. The van der Waals surface area contributed by atoms with E-state index in [4.69, 9.17) is 1.34 Å². The predicted octanol–water partition coefficient (Wildman–Crippen LogP) is -0.902. The first-order valence-corrected chi connectivity index (χ1v) is 1.20. The highest BCUT2D eigenvalue weighted by Gasteiger charge is 1.75. The molecule has 0 bridgehead atoms. The largest absolute Gasteiger partial charge is 0.544 e. The average Bonchev–Trinajstić information content (AvgIpc) is 1.35. The van der Waals surface area contributed by atoms with Crippen LogP contribution in [0.1, 0.15) is 6.92 Å². The first-order valence-electron chi connectivity index (χ1n) is 1.90. The Kier molecular flexibility index (Phi) is 1.00. The van der Waals surface area contributed by atoms with Crippen molar-refractivity contribution in [3.8, 4) is 0 Å². The van der Waals surface area contributed by atoms with Crippen molar-refractivity contribution < 1.29 is 9.45 Å². The summed E-state index contributed by atoms with van der Waals surface area (Å²) < 4.78 is 10.4. The van der Waals surface area contributed by atoms with Gasteiger partial charge < -0.3 is 4.65 Å². The predicted molar refractivity (Wildman–Crippen MR) is 20.3 cm³/mol. The Morgan fingerprint density at radius 2 is 3.00 bits per heavy atom. The fourth-order valence-corrected chi connectivity index (χ4v) is 0. The molecule has 28 valence electrons. The van der Waals surface area contributed by atoms with E-state index in [0.717, 1.165) is 0 Å². The molecule has 0 aromatic carbocycles. The maximum atomic E-state index is 9.70. The van der Waals surface area contributed by atoms with Gasteiger partial charge in [0.25, 0.3) is 5.97 Å². The van der Waals surface area contributed by atoms with Gasteiger partial charge in [-0.15, -0.1) is 0 Å². The van der Waals surface area contributed by atoms with E-state index in [1.165, 1.54) is 6.92 Å². The van der Waals surface area contributed by atoms with Crippen molar-refractivity contribution in [2.45, 2.75) is 6.92 Å². The quantitative estimate of drug-likeness (QED) is 0.376. The molecule has 0 rings (SSSR count). The number of carbonyl (C=O) groups excluding carboxylic acids is 1. The van der Waals surface area contributed by atoms with Crippen LogP contribution in [-0.2, 0) is 9.45 Å². The number of carbonyl (C=O) groups is 1. The molecule has 0 saturated heterocycles. The minimum absolute atomic E-state index is 0.269. The highest BCUT2D eigenvalue weighted by atomic mass is 16.5. The zero-order valence-electron chi connectivity index (χ0n) is 4.02. The second-order valence-electron chi connectivity index (χ2n) is 0.636. The van der Waals surface area contributed by atoms with E-state index in [2.05, 4.69) is 4.65 Å². The molecule has 2 nitrogen and oxygen atoms in total. The first kappa shape index (κ1) is 2.76. The Hall–Kier alpha value is -0.465. The van der Waals surface area contributed by atoms with Crippen LogP contribution in [0.5, 0.6) is 0 Å². The Morgan fingerprint density at radius 1 is 2.40 bits per heavy atom. The van der Waals surface area contributed by atoms with Gasteiger partial charge in [-0.25, -0.2) is 0 Å². The summed E-state index contributed by atoms with van der Waals surface area (Å²) in [5.41, 5.74) is 0. The van der Waals surface area contributed by atoms with Crippen LogP contribution in [0.15, 0.2) is 0 Å². The highest BCUT2D eigenvalue weighted by molar-refractivity contribution is 6.04. The van der Waals surface area contributed by atoms with Crippen LogP contribution in [0, 0.1) is 0 Å². The second kappa shape index (κ2) is 1.82. The van der Waals surface area contributed by atoms with Crippen molar-refractivity contribution in [2.75, 3.05) is 0 Å². The maximum Gasteiger partial charge on any atom is 0.325 e. The summed E-state index contributed by atoms with van der Waals surface area (Å²) in [5.74, 6) is -0.398. The average molecular weight is 73.9 g/mol. The lowest BCUT2D eigenvalue weighted by atomic mass is 10.6. The molecule has 0 spiro atoms. The first-order chi connectivity index (χ1) is 2.77. The maximum absolute atomic E-state index is 9.70. The van der Waals surface area contributed by atoms with E-state index in [-0.39, 0.29) is 8.01 Å². The molecule has 0 aromatic rings. The van der Waals surface area contributed by atoms with Gasteiger partial charge in [0.1, 0.15) is 0 Å². The minimum Gasteiger partial charge on any atom is -0.544 e. The van der Waals surface area contributed by atoms with Gasteiger partial charge in [-0.2, -0.15) is 0 Å². The van der Waals surface area contributed by atoms with Gasteiger partial charge in [0.05, 0.1) is 0 Å². The van der Waals surface area contributed by atoms with Gasteiger partial charge in [-0.05, 0) is 0 Å². The van der Waals surface area contributed by atoms with Crippen molar-refractivity contribution >= 4 is 14.0 Å². The molecule has 0 saturated carbocycles. The van der Waals surface area contributed by atoms with E-state index >= 15 is 0 Å². The molecule has 0 aliphatic heterocycles. The molecule has 5 heavy (non-hydrogen) atoms. The van der Waals surface area contributed by atoms with Gasteiger partial charge in [0, 0.05) is 8.26 Å².